The van der Waals surface area contributed by atoms with Crippen LogP contribution in [-0.4, -0.2) is 53.0 Å². The molecule has 0 aliphatic carbocycles. The molecule has 0 unspecified atom stereocenters. The van der Waals surface area contributed by atoms with Gasteiger partial charge in [0.25, 0.3) is 0 Å². The second-order valence-corrected chi connectivity index (χ2v) is 12.9. The number of aryl methyl sites for hydroxylation is 1. The van der Waals surface area contributed by atoms with E-state index in [1.807, 2.05) is 48.5 Å². The third-order valence-corrected chi connectivity index (χ3v) is 9.27. The lowest BCUT2D eigenvalue weighted by atomic mass is 9.94. The molecule has 0 radical (unpaired) electrons. The van der Waals surface area contributed by atoms with E-state index in [1.165, 1.54) is 14.2 Å². The molecular formula is C45H39N3O9. The van der Waals surface area contributed by atoms with Gasteiger partial charge >= 0.3 is 17.9 Å². The van der Waals surface area contributed by atoms with Crippen LogP contribution in [0.3, 0.4) is 0 Å². The fraction of sp³-hybridized carbons (Fsp3) is 0.156. The molecule has 2 aliphatic rings. The van der Waals surface area contributed by atoms with Crippen LogP contribution in [0.5, 0.6) is 11.5 Å². The van der Waals surface area contributed by atoms with Gasteiger partial charge in [-0.25, -0.2) is 14.4 Å². The number of ketones is 1. The Morgan fingerprint density at radius 1 is 0.632 bits per heavy atom. The largest absolute Gasteiger partial charge is 0.487 e. The SMILES string of the molecule is COC(=O)c1cccc(CCC(=O)c2ccc3c(c2)COc2cnccc2-3)c1.COC(=O)c1cccc(CN)c1.O=C(O)c1ccc2c(c1)COc1cnccc1-2. The first kappa shape index (κ1) is 39.5. The van der Waals surface area contributed by atoms with E-state index in [-0.39, 0.29) is 23.3 Å². The van der Waals surface area contributed by atoms with Gasteiger partial charge in [-0.15, -0.1) is 0 Å². The number of carbonyl (C=O) groups excluding carboxylic acids is 3. The number of aromatic carboxylic acids is 1. The minimum atomic E-state index is -0.923. The number of nitrogens with two attached hydrogens (primary N) is 1. The number of Topliss-reactive ketones (excluding diaryl/α,β-unsaturated/α-hetero) is 1. The van der Waals surface area contributed by atoms with Crippen molar-refractivity contribution in [3.05, 3.63) is 166 Å². The third kappa shape index (κ3) is 9.56. The molecule has 0 saturated heterocycles. The lowest BCUT2D eigenvalue weighted by molar-refractivity contribution is 0.0591. The topological polar surface area (TPSA) is 177 Å². The summed E-state index contributed by atoms with van der Waals surface area (Å²) >= 11 is 0. The van der Waals surface area contributed by atoms with Crippen molar-refractivity contribution in [2.45, 2.75) is 32.6 Å². The van der Waals surface area contributed by atoms with Crippen LogP contribution in [0.4, 0.5) is 0 Å². The molecule has 6 aromatic rings. The van der Waals surface area contributed by atoms with Gasteiger partial charge in [-0.3, -0.25) is 14.8 Å². The normalized spacial score (nSPS) is 11.4. The Labute approximate surface area is 328 Å². The summed E-state index contributed by atoms with van der Waals surface area (Å²) in [7, 11) is 2.71. The molecule has 4 aromatic carbocycles. The Hall–Kier alpha value is -7.18. The summed E-state index contributed by atoms with van der Waals surface area (Å²) < 4.78 is 20.6. The Bertz CT molecular complexity index is 2450. The second-order valence-electron chi connectivity index (χ2n) is 12.9. The molecule has 288 valence electrons. The molecule has 0 amide bonds. The van der Waals surface area contributed by atoms with Crippen LogP contribution < -0.4 is 15.2 Å². The summed E-state index contributed by atoms with van der Waals surface area (Å²) in [6.45, 7) is 1.25. The summed E-state index contributed by atoms with van der Waals surface area (Å²) in [6.07, 6.45) is 7.74. The summed E-state index contributed by atoms with van der Waals surface area (Å²) in [5.74, 6) is -0.0635. The first-order chi connectivity index (χ1) is 27.7. The number of carbonyl (C=O) groups is 4. The molecule has 0 fully saturated rings. The zero-order chi connectivity index (χ0) is 40.3. The van der Waals surface area contributed by atoms with Crippen LogP contribution >= 0.6 is 0 Å². The first-order valence-electron chi connectivity index (χ1n) is 17.9. The number of ether oxygens (including phenoxy) is 4. The lowest BCUT2D eigenvalue weighted by Gasteiger charge is -2.20. The highest BCUT2D eigenvalue weighted by molar-refractivity contribution is 5.97. The van der Waals surface area contributed by atoms with E-state index in [0.717, 1.165) is 56.0 Å². The minimum absolute atomic E-state index is 0.0618. The molecule has 4 heterocycles. The highest BCUT2D eigenvalue weighted by Crippen LogP contribution is 2.38. The number of methoxy groups -OCH3 is 2. The van der Waals surface area contributed by atoms with Crippen LogP contribution in [0.1, 0.15) is 70.1 Å². The maximum atomic E-state index is 12.7. The van der Waals surface area contributed by atoms with Gasteiger partial charge in [0, 0.05) is 42.0 Å². The zero-order valence-corrected chi connectivity index (χ0v) is 31.3. The number of aromatic nitrogens is 2. The number of fused-ring (bicyclic) bond motifs is 6. The number of nitrogens with zero attached hydrogens (tertiary/aromatic N) is 2. The van der Waals surface area contributed by atoms with Gasteiger partial charge in [0.05, 0.1) is 43.3 Å². The summed E-state index contributed by atoms with van der Waals surface area (Å²) in [6, 6.07) is 28.9. The van der Waals surface area contributed by atoms with Crippen LogP contribution in [0, 0.1) is 0 Å². The minimum Gasteiger partial charge on any atom is -0.487 e. The molecule has 57 heavy (non-hydrogen) atoms. The first-order valence-corrected chi connectivity index (χ1v) is 17.9. The molecule has 12 nitrogen and oxygen atoms in total. The molecular weight excluding hydrogens is 727 g/mol. The molecule has 12 heteroatoms. The number of carboxylic acids is 1. The van der Waals surface area contributed by atoms with E-state index in [2.05, 4.69) is 14.7 Å². The number of carboxylic acid groups (broad SMARTS) is 1. The van der Waals surface area contributed by atoms with Crippen LogP contribution in [-0.2, 0) is 35.7 Å². The predicted octanol–water partition coefficient (Wildman–Crippen LogP) is 7.51. The maximum absolute atomic E-state index is 12.7. The van der Waals surface area contributed by atoms with Gasteiger partial charge in [0.1, 0.15) is 24.7 Å². The summed E-state index contributed by atoms with van der Waals surface area (Å²) in [5, 5.41) is 8.93. The monoisotopic (exact) mass is 765 g/mol. The number of esters is 2. The number of rotatable bonds is 8. The van der Waals surface area contributed by atoms with Gasteiger partial charge in [-0.2, -0.15) is 0 Å². The molecule has 2 aliphatic heterocycles. The third-order valence-electron chi connectivity index (χ3n) is 9.27. The number of hydrogen-bond donors (Lipinski definition) is 2. The van der Waals surface area contributed by atoms with Crippen LogP contribution in [0.15, 0.2) is 122 Å². The number of benzene rings is 4. The van der Waals surface area contributed by atoms with Crippen molar-refractivity contribution in [2.75, 3.05) is 14.2 Å². The molecule has 0 atom stereocenters. The van der Waals surface area contributed by atoms with Crippen LogP contribution in [0.2, 0.25) is 0 Å². The van der Waals surface area contributed by atoms with Crippen LogP contribution in [0.25, 0.3) is 22.3 Å². The molecule has 3 N–H and O–H groups in total. The van der Waals surface area contributed by atoms with E-state index in [4.69, 9.17) is 25.1 Å². The predicted molar refractivity (Wildman–Crippen MR) is 211 cm³/mol. The summed E-state index contributed by atoms with van der Waals surface area (Å²) in [4.78, 5) is 54.3. The van der Waals surface area contributed by atoms with Gasteiger partial charge in [-0.1, -0.05) is 42.5 Å². The molecule has 8 rings (SSSR count). The lowest BCUT2D eigenvalue weighted by Crippen LogP contribution is -2.09. The van der Waals surface area contributed by atoms with Crippen molar-refractivity contribution in [1.82, 2.24) is 9.97 Å². The number of hydrogen-bond acceptors (Lipinski definition) is 11. The molecule has 0 spiro atoms. The van der Waals surface area contributed by atoms with Crippen molar-refractivity contribution in [2.24, 2.45) is 5.73 Å². The highest BCUT2D eigenvalue weighted by Gasteiger charge is 2.20. The van der Waals surface area contributed by atoms with E-state index >= 15 is 0 Å². The highest BCUT2D eigenvalue weighted by atomic mass is 16.5. The fourth-order valence-electron chi connectivity index (χ4n) is 6.32. The van der Waals surface area contributed by atoms with E-state index in [0.29, 0.717) is 49.3 Å². The van der Waals surface area contributed by atoms with Gasteiger partial charge in [0.2, 0.25) is 0 Å². The van der Waals surface area contributed by atoms with Gasteiger partial charge in [0.15, 0.2) is 5.78 Å². The quantitative estimate of drug-likeness (QED) is 0.115. The van der Waals surface area contributed by atoms with E-state index < -0.39 is 5.97 Å². The van der Waals surface area contributed by atoms with Crippen molar-refractivity contribution in [1.29, 1.82) is 0 Å². The van der Waals surface area contributed by atoms with Crippen molar-refractivity contribution in [3.8, 4) is 33.8 Å². The number of pyridine rings is 2. The summed E-state index contributed by atoms with van der Waals surface area (Å²) in [5.41, 5.74) is 15.2. The Morgan fingerprint density at radius 3 is 1.67 bits per heavy atom. The average Bonchev–Trinajstić information content (AvgIpc) is 3.27. The second kappa shape index (κ2) is 18.4. The van der Waals surface area contributed by atoms with Gasteiger partial charge in [-0.05, 0) is 94.4 Å². The Kier molecular flexibility index (Phi) is 12.8. The Balaban J connectivity index is 0.000000160. The molecule has 0 bridgehead atoms. The smallest absolute Gasteiger partial charge is 0.337 e. The van der Waals surface area contributed by atoms with E-state index in [1.54, 1.807) is 73.3 Å². The molecule has 2 aromatic heterocycles. The Morgan fingerprint density at radius 2 is 1.14 bits per heavy atom. The van der Waals surface area contributed by atoms with Gasteiger partial charge < -0.3 is 29.8 Å². The molecule has 0 saturated carbocycles. The van der Waals surface area contributed by atoms with Crippen molar-refractivity contribution in [3.63, 3.8) is 0 Å². The average molecular weight is 766 g/mol. The fourth-order valence-corrected chi connectivity index (χ4v) is 6.32. The standard InChI is InChI=1S/C23H19NO4.C13H9NO3.C9H11NO2/c1-27-23(26)17-4-2-3-15(11-17)5-8-21(25)16-6-7-19-18(12-16)14-28-22-13-24-10-9-20(19)22;15-13(16)8-1-2-10-9(5-8)7-17-12-6-14-4-3-11(10)12;1-12-9(11)8-4-2-3-7(5-8)6-10/h2-4,6-7,9-13H,5,8,14H2,1H3;1-6H,7H2,(H,15,16);2-5H,6,10H2,1H3. The maximum Gasteiger partial charge on any atom is 0.337 e. The van der Waals surface area contributed by atoms with E-state index in [9.17, 15) is 19.2 Å². The van der Waals surface area contributed by atoms with Crippen molar-refractivity contribution < 1.29 is 43.2 Å². The van der Waals surface area contributed by atoms with Crippen molar-refractivity contribution >= 4 is 23.7 Å². The zero-order valence-electron chi connectivity index (χ0n) is 31.3.